The molecular weight excluding hydrogens is 216 g/mol. The fourth-order valence-electron chi connectivity index (χ4n) is 2.55. The van der Waals surface area contributed by atoms with Crippen LogP contribution in [0.15, 0.2) is 16.5 Å². The molecule has 1 aromatic heterocycles. The predicted octanol–water partition coefficient (Wildman–Crippen LogP) is 1.58. The van der Waals surface area contributed by atoms with E-state index in [1.807, 2.05) is 19.1 Å². The van der Waals surface area contributed by atoms with Crippen LogP contribution < -0.4 is 11.1 Å². The first-order valence-electron chi connectivity index (χ1n) is 6.24. The molecule has 3 N–H and O–H groups in total. The number of furan rings is 1. The maximum Gasteiger partial charge on any atom is 0.223 e. The SMILES string of the molecule is Cc1ccc(CNC(=O)C2CCCC2CN)o1. The average Bonchev–Trinajstić information content (AvgIpc) is 2.94. The number of carbonyl (C=O) groups excluding carboxylic acids is 1. The molecule has 0 saturated heterocycles. The number of nitrogens with two attached hydrogens (primary N) is 1. The lowest BCUT2D eigenvalue weighted by molar-refractivity contribution is -0.126. The fourth-order valence-corrected chi connectivity index (χ4v) is 2.55. The normalized spacial score (nSPS) is 23.9. The van der Waals surface area contributed by atoms with E-state index >= 15 is 0 Å². The Morgan fingerprint density at radius 1 is 1.53 bits per heavy atom. The number of aryl methyl sites for hydroxylation is 1. The van der Waals surface area contributed by atoms with Crippen LogP contribution in [0, 0.1) is 18.8 Å². The van der Waals surface area contributed by atoms with E-state index in [4.69, 9.17) is 10.2 Å². The summed E-state index contributed by atoms with van der Waals surface area (Å²) in [5.74, 6) is 2.24. The van der Waals surface area contributed by atoms with E-state index in [0.717, 1.165) is 30.8 Å². The Labute approximate surface area is 102 Å². The minimum atomic E-state index is 0.0936. The molecule has 0 aliphatic heterocycles. The van der Waals surface area contributed by atoms with Crippen molar-refractivity contribution < 1.29 is 9.21 Å². The van der Waals surface area contributed by atoms with Crippen LogP contribution in [-0.4, -0.2) is 12.5 Å². The van der Waals surface area contributed by atoms with Crippen LogP contribution in [0.5, 0.6) is 0 Å². The number of carbonyl (C=O) groups is 1. The van der Waals surface area contributed by atoms with Crippen molar-refractivity contribution in [1.29, 1.82) is 0 Å². The standard InChI is InChI=1S/C13H20N2O2/c1-9-5-6-11(17-9)8-15-13(16)12-4-2-3-10(12)7-14/h5-6,10,12H,2-4,7-8,14H2,1H3,(H,15,16). The molecule has 0 spiro atoms. The Bertz CT molecular complexity index is 387. The Kier molecular flexibility index (Phi) is 3.84. The van der Waals surface area contributed by atoms with E-state index in [-0.39, 0.29) is 11.8 Å². The van der Waals surface area contributed by atoms with E-state index in [1.54, 1.807) is 0 Å². The maximum absolute atomic E-state index is 12.0. The lowest BCUT2D eigenvalue weighted by Crippen LogP contribution is -2.34. The molecule has 1 aliphatic rings. The van der Waals surface area contributed by atoms with Crippen molar-refractivity contribution in [3.63, 3.8) is 0 Å². The van der Waals surface area contributed by atoms with Gasteiger partial charge in [-0.3, -0.25) is 4.79 Å². The highest BCUT2D eigenvalue weighted by atomic mass is 16.3. The average molecular weight is 236 g/mol. The molecule has 94 valence electrons. The molecular formula is C13H20N2O2. The molecule has 1 aliphatic carbocycles. The third kappa shape index (κ3) is 2.88. The summed E-state index contributed by atoms with van der Waals surface area (Å²) in [6, 6.07) is 3.80. The molecule has 2 rings (SSSR count). The van der Waals surface area contributed by atoms with Crippen LogP contribution in [0.25, 0.3) is 0 Å². The van der Waals surface area contributed by atoms with Crippen molar-refractivity contribution in [2.24, 2.45) is 17.6 Å². The summed E-state index contributed by atoms with van der Waals surface area (Å²) in [5.41, 5.74) is 5.67. The first-order chi connectivity index (χ1) is 8.20. The zero-order valence-corrected chi connectivity index (χ0v) is 10.2. The molecule has 1 saturated carbocycles. The molecule has 0 aromatic carbocycles. The summed E-state index contributed by atoms with van der Waals surface area (Å²) in [4.78, 5) is 12.0. The molecule has 0 radical (unpaired) electrons. The molecule has 17 heavy (non-hydrogen) atoms. The van der Waals surface area contributed by atoms with E-state index < -0.39 is 0 Å². The van der Waals surface area contributed by atoms with E-state index in [2.05, 4.69) is 5.32 Å². The third-order valence-electron chi connectivity index (χ3n) is 3.53. The summed E-state index contributed by atoms with van der Waals surface area (Å²) in [5, 5.41) is 2.93. The third-order valence-corrected chi connectivity index (χ3v) is 3.53. The van der Waals surface area contributed by atoms with Crippen molar-refractivity contribution in [2.45, 2.75) is 32.7 Å². The van der Waals surface area contributed by atoms with Crippen LogP contribution in [0.4, 0.5) is 0 Å². The van der Waals surface area contributed by atoms with Crippen molar-refractivity contribution in [3.8, 4) is 0 Å². The minimum Gasteiger partial charge on any atom is -0.465 e. The van der Waals surface area contributed by atoms with E-state index in [9.17, 15) is 4.79 Å². The maximum atomic E-state index is 12.0. The van der Waals surface area contributed by atoms with E-state index in [1.165, 1.54) is 0 Å². The van der Waals surface area contributed by atoms with Gasteiger partial charge in [0.25, 0.3) is 0 Å². The van der Waals surface area contributed by atoms with Gasteiger partial charge < -0.3 is 15.5 Å². The molecule has 4 nitrogen and oxygen atoms in total. The van der Waals surface area contributed by atoms with Gasteiger partial charge in [0.2, 0.25) is 5.91 Å². The molecule has 1 heterocycles. The summed E-state index contributed by atoms with van der Waals surface area (Å²) < 4.78 is 5.41. The second-order valence-electron chi connectivity index (χ2n) is 4.76. The van der Waals surface area contributed by atoms with Gasteiger partial charge in [-0.05, 0) is 44.4 Å². The number of nitrogens with one attached hydrogen (secondary N) is 1. The molecule has 4 heteroatoms. The Morgan fingerprint density at radius 3 is 3.00 bits per heavy atom. The van der Waals surface area contributed by atoms with Gasteiger partial charge in [0, 0.05) is 5.92 Å². The van der Waals surface area contributed by atoms with Crippen LogP contribution in [0.1, 0.15) is 30.8 Å². The zero-order valence-electron chi connectivity index (χ0n) is 10.2. The molecule has 2 atom stereocenters. The summed E-state index contributed by atoms with van der Waals surface area (Å²) in [7, 11) is 0. The van der Waals surface area contributed by atoms with Gasteiger partial charge in [0.15, 0.2) is 0 Å². The van der Waals surface area contributed by atoms with Crippen molar-refractivity contribution in [3.05, 3.63) is 23.7 Å². The fraction of sp³-hybridized carbons (Fsp3) is 0.615. The summed E-state index contributed by atoms with van der Waals surface area (Å²) in [6.45, 7) is 2.98. The number of amides is 1. The Hall–Kier alpha value is -1.29. The molecule has 2 unspecified atom stereocenters. The Morgan fingerprint density at radius 2 is 2.35 bits per heavy atom. The highest BCUT2D eigenvalue weighted by Crippen LogP contribution is 2.30. The zero-order chi connectivity index (χ0) is 12.3. The van der Waals surface area contributed by atoms with Gasteiger partial charge in [0.05, 0.1) is 6.54 Å². The number of hydrogen-bond donors (Lipinski definition) is 2. The molecule has 1 fully saturated rings. The molecule has 1 amide bonds. The van der Waals surface area contributed by atoms with Gasteiger partial charge in [-0.2, -0.15) is 0 Å². The van der Waals surface area contributed by atoms with Gasteiger partial charge >= 0.3 is 0 Å². The molecule has 1 aromatic rings. The van der Waals surface area contributed by atoms with E-state index in [0.29, 0.717) is 19.0 Å². The van der Waals surface area contributed by atoms with Crippen molar-refractivity contribution in [2.75, 3.05) is 6.54 Å². The second-order valence-corrected chi connectivity index (χ2v) is 4.76. The highest BCUT2D eigenvalue weighted by molar-refractivity contribution is 5.79. The second kappa shape index (κ2) is 5.36. The summed E-state index contributed by atoms with van der Waals surface area (Å²) >= 11 is 0. The first kappa shape index (κ1) is 12.2. The van der Waals surface area contributed by atoms with Gasteiger partial charge in [0.1, 0.15) is 11.5 Å². The van der Waals surface area contributed by atoms with Gasteiger partial charge in [-0.15, -0.1) is 0 Å². The number of rotatable bonds is 4. The highest BCUT2D eigenvalue weighted by Gasteiger charge is 2.31. The Balaban J connectivity index is 1.84. The quantitative estimate of drug-likeness (QED) is 0.834. The summed E-state index contributed by atoms with van der Waals surface area (Å²) in [6.07, 6.45) is 3.15. The lowest BCUT2D eigenvalue weighted by Gasteiger charge is -2.16. The van der Waals surface area contributed by atoms with Gasteiger partial charge in [-0.25, -0.2) is 0 Å². The van der Waals surface area contributed by atoms with Crippen molar-refractivity contribution >= 4 is 5.91 Å². The smallest absolute Gasteiger partial charge is 0.223 e. The topological polar surface area (TPSA) is 68.3 Å². The predicted molar refractivity (Wildman–Crippen MR) is 65.2 cm³/mol. The first-order valence-corrected chi connectivity index (χ1v) is 6.24. The van der Waals surface area contributed by atoms with Crippen LogP contribution in [0.2, 0.25) is 0 Å². The minimum absolute atomic E-state index is 0.0936. The lowest BCUT2D eigenvalue weighted by atomic mass is 9.95. The van der Waals surface area contributed by atoms with Crippen LogP contribution >= 0.6 is 0 Å². The van der Waals surface area contributed by atoms with Crippen LogP contribution in [0.3, 0.4) is 0 Å². The number of hydrogen-bond acceptors (Lipinski definition) is 3. The monoisotopic (exact) mass is 236 g/mol. The van der Waals surface area contributed by atoms with Crippen LogP contribution in [-0.2, 0) is 11.3 Å². The van der Waals surface area contributed by atoms with Gasteiger partial charge in [-0.1, -0.05) is 6.42 Å². The largest absolute Gasteiger partial charge is 0.465 e. The van der Waals surface area contributed by atoms with Crippen molar-refractivity contribution in [1.82, 2.24) is 5.32 Å². The molecule has 0 bridgehead atoms.